The Bertz CT molecular complexity index is 524. The highest BCUT2D eigenvalue weighted by Gasteiger charge is 2.11. The molecule has 88 valence electrons. The Kier molecular flexibility index (Phi) is 3.33. The molecule has 2 rings (SSSR count). The molecule has 1 N–H and O–H groups in total. The fourth-order valence-corrected chi connectivity index (χ4v) is 1.82. The Labute approximate surface area is 101 Å². The van der Waals surface area contributed by atoms with Crippen molar-refractivity contribution >= 4 is 17.7 Å². The molecule has 0 atom stereocenters. The molecule has 0 aliphatic carbocycles. The summed E-state index contributed by atoms with van der Waals surface area (Å²) >= 11 is 1.22. The van der Waals surface area contributed by atoms with Crippen LogP contribution in [0.3, 0.4) is 0 Å². The van der Waals surface area contributed by atoms with Gasteiger partial charge in [0, 0.05) is 6.20 Å². The second-order valence-electron chi connectivity index (χ2n) is 3.29. The maximum absolute atomic E-state index is 10.6. The smallest absolute Gasteiger partial charge is 0.325 e. The monoisotopic (exact) mass is 251 g/mol. The van der Waals surface area contributed by atoms with E-state index in [9.17, 15) is 4.79 Å². The zero-order valence-corrected chi connectivity index (χ0v) is 9.76. The number of carbonyl (C=O) groups is 1. The van der Waals surface area contributed by atoms with Gasteiger partial charge < -0.3 is 5.11 Å². The highest BCUT2D eigenvalue weighted by Crippen LogP contribution is 2.22. The fraction of sp³-hybridized carbons (Fsp3) is 0.222. The van der Waals surface area contributed by atoms with Gasteiger partial charge in [0.15, 0.2) is 0 Å². The van der Waals surface area contributed by atoms with Crippen LogP contribution < -0.4 is 0 Å². The molecule has 0 aliphatic rings. The highest BCUT2D eigenvalue weighted by atomic mass is 32.2. The molecule has 0 aromatic carbocycles. The molecule has 0 spiro atoms. The molecule has 2 heterocycles. The molecule has 0 aliphatic heterocycles. The van der Waals surface area contributed by atoms with Gasteiger partial charge in [0.1, 0.15) is 11.6 Å². The summed E-state index contributed by atoms with van der Waals surface area (Å²) in [4.78, 5) is 14.8. The quantitative estimate of drug-likeness (QED) is 0.850. The number of hydrogen-bond donors (Lipinski definition) is 1. The van der Waals surface area contributed by atoms with Crippen molar-refractivity contribution in [1.82, 2.24) is 25.2 Å². The van der Waals surface area contributed by atoms with E-state index < -0.39 is 5.97 Å². The summed E-state index contributed by atoms with van der Waals surface area (Å²) in [6, 6.07) is 3.75. The predicted molar refractivity (Wildman–Crippen MR) is 58.5 cm³/mol. The number of carboxylic acids is 1. The van der Waals surface area contributed by atoms with Gasteiger partial charge in [-0.3, -0.25) is 4.79 Å². The van der Waals surface area contributed by atoms with Crippen LogP contribution in [0.25, 0.3) is 0 Å². The number of pyridine rings is 1. The van der Waals surface area contributed by atoms with Crippen LogP contribution in [0.2, 0.25) is 0 Å². The maximum atomic E-state index is 10.6. The SMILES string of the molecule is Cc1ccc(Sc2nnnn2CC(=O)O)nc1. The van der Waals surface area contributed by atoms with Crippen LogP contribution in [0.15, 0.2) is 28.5 Å². The third-order valence-electron chi connectivity index (χ3n) is 1.86. The number of nitrogens with zero attached hydrogens (tertiary/aromatic N) is 5. The van der Waals surface area contributed by atoms with Crippen molar-refractivity contribution in [2.45, 2.75) is 23.7 Å². The van der Waals surface area contributed by atoms with Gasteiger partial charge in [0.25, 0.3) is 0 Å². The van der Waals surface area contributed by atoms with E-state index in [2.05, 4.69) is 20.5 Å². The number of aromatic nitrogens is 5. The lowest BCUT2D eigenvalue weighted by Crippen LogP contribution is -2.11. The van der Waals surface area contributed by atoms with E-state index in [4.69, 9.17) is 5.11 Å². The molecular weight excluding hydrogens is 242 g/mol. The first-order chi connectivity index (χ1) is 8.15. The molecule has 0 bridgehead atoms. The second-order valence-corrected chi connectivity index (χ2v) is 4.28. The largest absolute Gasteiger partial charge is 0.480 e. The van der Waals surface area contributed by atoms with Crippen molar-refractivity contribution in [3.8, 4) is 0 Å². The van der Waals surface area contributed by atoms with E-state index >= 15 is 0 Å². The van der Waals surface area contributed by atoms with Gasteiger partial charge in [-0.05, 0) is 40.7 Å². The van der Waals surface area contributed by atoms with Gasteiger partial charge in [-0.2, -0.15) is 0 Å². The van der Waals surface area contributed by atoms with E-state index in [0.717, 1.165) is 10.6 Å². The molecule has 0 saturated heterocycles. The summed E-state index contributed by atoms with van der Waals surface area (Å²) in [6.45, 7) is 1.68. The zero-order valence-electron chi connectivity index (χ0n) is 8.94. The van der Waals surface area contributed by atoms with Crippen LogP contribution in [-0.4, -0.2) is 36.3 Å². The van der Waals surface area contributed by atoms with Crippen LogP contribution in [0.5, 0.6) is 0 Å². The van der Waals surface area contributed by atoms with Gasteiger partial charge in [0.05, 0.1) is 0 Å². The van der Waals surface area contributed by atoms with Crippen molar-refractivity contribution < 1.29 is 9.90 Å². The average Bonchev–Trinajstić information content (AvgIpc) is 2.68. The van der Waals surface area contributed by atoms with Crippen molar-refractivity contribution in [3.05, 3.63) is 23.9 Å². The zero-order chi connectivity index (χ0) is 12.3. The molecule has 0 fully saturated rings. The van der Waals surface area contributed by atoms with E-state index in [0.29, 0.717) is 5.16 Å². The summed E-state index contributed by atoms with van der Waals surface area (Å²) in [7, 11) is 0. The lowest BCUT2D eigenvalue weighted by atomic mass is 10.3. The van der Waals surface area contributed by atoms with Crippen molar-refractivity contribution in [3.63, 3.8) is 0 Å². The van der Waals surface area contributed by atoms with Crippen LogP contribution in [0, 0.1) is 6.92 Å². The Morgan fingerprint density at radius 2 is 2.35 bits per heavy atom. The first-order valence-corrected chi connectivity index (χ1v) is 5.55. The summed E-state index contributed by atoms with van der Waals surface area (Å²) in [5.41, 5.74) is 1.06. The first kappa shape index (κ1) is 11.5. The average molecular weight is 251 g/mol. The number of aliphatic carboxylic acids is 1. The third-order valence-corrected chi connectivity index (χ3v) is 2.79. The lowest BCUT2D eigenvalue weighted by molar-refractivity contribution is -0.138. The predicted octanol–water partition coefficient (Wildman–Crippen LogP) is 0.612. The number of aryl methyl sites for hydroxylation is 1. The van der Waals surface area contributed by atoms with Gasteiger partial charge in [-0.25, -0.2) is 9.67 Å². The molecule has 0 amide bonds. The van der Waals surface area contributed by atoms with Crippen molar-refractivity contribution in [2.24, 2.45) is 0 Å². The third kappa shape index (κ3) is 3.00. The number of carboxylic acid groups (broad SMARTS) is 1. The van der Waals surface area contributed by atoms with Crippen LogP contribution >= 0.6 is 11.8 Å². The summed E-state index contributed by atoms with van der Waals surface area (Å²) in [5, 5.41) is 20.6. The minimum absolute atomic E-state index is 0.263. The minimum atomic E-state index is -0.990. The van der Waals surface area contributed by atoms with Crippen LogP contribution in [0.4, 0.5) is 0 Å². The normalized spacial score (nSPS) is 10.4. The number of rotatable bonds is 4. The molecule has 8 heteroatoms. The summed E-state index contributed by atoms with van der Waals surface area (Å²) in [6.07, 6.45) is 1.73. The molecule has 0 saturated carbocycles. The highest BCUT2D eigenvalue weighted by molar-refractivity contribution is 7.99. The van der Waals surface area contributed by atoms with Crippen molar-refractivity contribution in [2.75, 3.05) is 0 Å². The second kappa shape index (κ2) is 4.91. The molecular formula is C9H9N5O2S. The summed E-state index contributed by atoms with van der Waals surface area (Å²) < 4.78 is 1.22. The topological polar surface area (TPSA) is 93.8 Å². The Hall–Kier alpha value is -1.96. The Morgan fingerprint density at radius 3 is 3.00 bits per heavy atom. The summed E-state index contributed by atoms with van der Waals surface area (Å²) in [5.74, 6) is -0.990. The molecule has 2 aromatic rings. The molecule has 0 radical (unpaired) electrons. The molecule has 17 heavy (non-hydrogen) atoms. The number of tetrazole rings is 1. The molecule has 0 unspecified atom stereocenters. The van der Waals surface area contributed by atoms with Gasteiger partial charge >= 0.3 is 5.97 Å². The Morgan fingerprint density at radius 1 is 1.53 bits per heavy atom. The van der Waals surface area contributed by atoms with E-state index in [1.807, 2.05) is 19.1 Å². The van der Waals surface area contributed by atoms with E-state index in [1.165, 1.54) is 16.4 Å². The Balaban J connectivity index is 2.15. The standard InChI is InChI=1S/C9H9N5O2S/c1-6-2-3-7(10-4-6)17-9-11-12-13-14(9)5-8(15)16/h2-4H,5H2,1H3,(H,15,16). The fourth-order valence-electron chi connectivity index (χ4n) is 1.11. The van der Waals surface area contributed by atoms with Crippen LogP contribution in [0.1, 0.15) is 5.56 Å². The van der Waals surface area contributed by atoms with Gasteiger partial charge in [-0.15, -0.1) is 5.10 Å². The van der Waals surface area contributed by atoms with E-state index in [-0.39, 0.29) is 6.54 Å². The molecule has 7 nitrogen and oxygen atoms in total. The van der Waals surface area contributed by atoms with Crippen LogP contribution in [-0.2, 0) is 11.3 Å². The van der Waals surface area contributed by atoms with E-state index in [1.54, 1.807) is 6.20 Å². The lowest BCUT2D eigenvalue weighted by Gasteiger charge is -2.00. The maximum Gasteiger partial charge on any atom is 0.325 e. The first-order valence-electron chi connectivity index (χ1n) is 4.73. The van der Waals surface area contributed by atoms with Crippen molar-refractivity contribution in [1.29, 1.82) is 0 Å². The van der Waals surface area contributed by atoms with Gasteiger partial charge in [0.2, 0.25) is 5.16 Å². The van der Waals surface area contributed by atoms with Gasteiger partial charge in [-0.1, -0.05) is 6.07 Å². The molecule has 2 aromatic heterocycles. The number of hydrogen-bond acceptors (Lipinski definition) is 6. The minimum Gasteiger partial charge on any atom is -0.480 e.